The second kappa shape index (κ2) is 6.76. The summed E-state index contributed by atoms with van der Waals surface area (Å²) in [6.45, 7) is 3.69. The van der Waals surface area contributed by atoms with E-state index in [4.69, 9.17) is 4.74 Å². The zero-order valence-electron chi connectivity index (χ0n) is 9.58. The van der Waals surface area contributed by atoms with Gasteiger partial charge in [0.2, 0.25) is 5.91 Å². The van der Waals surface area contributed by atoms with Crippen molar-refractivity contribution < 1.29 is 9.53 Å². The smallest absolute Gasteiger partial charge is 0.241 e. The van der Waals surface area contributed by atoms with Gasteiger partial charge in [0.1, 0.15) is 6.04 Å². The molecule has 1 heterocycles. The summed E-state index contributed by atoms with van der Waals surface area (Å²) in [6.07, 6.45) is 0.978. The summed E-state index contributed by atoms with van der Waals surface area (Å²) in [7, 11) is 3.76. The van der Waals surface area contributed by atoms with E-state index in [9.17, 15) is 4.79 Å². The molecule has 1 amide bonds. The van der Waals surface area contributed by atoms with Crippen LogP contribution in [0.3, 0.4) is 0 Å². The normalized spacial score (nSPS) is 21.3. The molecular weight excluding hydrogens is 194 g/mol. The fourth-order valence-electron chi connectivity index (χ4n) is 1.59. The molecule has 1 rings (SSSR count). The number of likely N-dealkylation sites (N-methyl/N-ethyl adjacent to an activating group) is 1. The summed E-state index contributed by atoms with van der Waals surface area (Å²) in [5, 5.41) is 6.22. The Bertz CT molecular complexity index is 193. The average molecular weight is 215 g/mol. The molecule has 1 unspecified atom stereocenters. The molecule has 5 heteroatoms. The van der Waals surface area contributed by atoms with Crippen LogP contribution in [0.5, 0.6) is 0 Å². The molecule has 1 aliphatic rings. The van der Waals surface area contributed by atoms with Gasteiger partial charge in [-0.05, 0) is 20.0 Å². The van der Waals surface area contributed by atoms with Crippen LogP contribution in [-0.4, -0.2) is 63.8 Å². The van der Waals surface area contributed by atoms with E-state index >= 15 is 0 Å². The third-order valence-corrected chi connectivity index (χ3v) is 2.52. The van der Waals surface area contributed by atoms with Crippen molar-refractivity contribution in [2.24, 2.45) is 0 Å². The quantitative estimate of drug-likeness (QED) is 0.580. The molecule has 0 radical (unpaired) electrons. The molecular formula is C10H21N3O2. The maximum absolute atomic E-state index is 11.9. The number of hydrogen-bond acceptors (Lipinski definition) is 4. The molecule has 1 fully saturated rings. The van der Waals surface area contributed by atoms with E-state index in [1.165, 1.54) is 0 Å². The Morgan fingerprint density at radius 3 is 3.07 bits per heavy atom. The van der Waals surface area contributed by atoms with Crippen molar-refractivity contribution in [3.05, 3.63) is 0 Å². The van der Waals surface area contributed by atoms with Crippen molar-refractivity contribution in [1.29, 1.82) is 0 Å². The van der Waals surface area contributed by atoms with Crippen LogP contribution in [0.15, 0.2) is 0 Å². The van der Waals surface area contributed by atoms with Gasteiger partial charge < -0.3 is 20.3 Å². The highest BCUT2D eigenvalue weighted by Gasteiger charge is 2.23. The number of carbonyl (C=O) groups excluding carboxylic acids is 1. The molecule has 1 aliphatic heterocycles. The second-order valence-corrected chi connectivity index (χ2v) is 3.80. The van der Waals surface area contributed by atoms with E-state index in [1.54, 1.807) is 4.90 Å². The maximum atomic E-state index is 11.9. The third kappa shape index (κ3) is 4.15. The number of nitrogens with one attached hydrogen (secondary N) is 2. The number of amides is 1. The van der Waals surface area contributed by atoms with Crippen LogP contribution in [0.4, 0.5) is 0 Å². The minimum Gasteiger partial charge on any atom is -0.378 e. The summed E-state index contributed by atoms with van der Waals surface area (Å²) in [4.78, 5) is 13.6. The largest absolute Gasteiger partial charge is 0.378 e. The van der Waals surface area contributed by atoms with E-state index < -0.39 is 0 Å². The summed E-state index contributed by atoms with van der Waals surface area (Å²) in [5.74, 6) is 0.130. The van der Waals surface area contributed by atoms with Gasteiger partial charge in [0.15, 0.2) is 0 Å². The number of rotatable bonds is 5. The lowest BCUT2D eigenvalue weighted by molar-refractivity contribution is -0.135. The van der Waals surface area contributed by atoms with Crippen molar-refractivity contribution in [1.82, 2.24) is 15.5 Å². The van der Waals surface area contributed by atoms with Crippen molar-refractivity contribution in [3.63, 3.8) is 0 Å². The van der Waals surface area contributed by atoms with E-state index in [-0.39, 0.29) is 11.9 Å². The molecule has 2 N–H and O–H groups in total. The van der Waals surface area contributed by atoms with Gasteiger partial charge in [0.25, 0.3) is 0 Å². The SMILES string of the molecule is CNCCCN(C)C(=O)C1COCCN1. The van der Waals surface area contributed by atoms with Crippen LogP contribution in [0.2, 0.25) is 0 Å². The monoisotopic (exact) mass is 215 g/mol. The maximum Gasteiger partial charge on any atom is 0.241 e. The lowest BCUT2D eigenvalue weighted by Crippen LogP contribution is -2.51. The Morgan fingerprint density at radius 1 is 1.67 bits per heavy atom. The third-order valence-electron chi connectivity index (χ3n) is 2.52. The van der Waals surface area contributed by atoms with Gasteiger partial charge in [0, 0.05) is 20.1 Å². The highest BCUT2D eigenvalue weighted by atomic mass is 16.5. The Morgan fingerprint density at radius 2 is 2.47 bits per heavy atom. The van der Waals surface area contributed by atoms with Crippen LogP contribution in [0.25, 0.3) is 0 Å². The van der Waals surface area contributed by atoms with E-state index in [0.717, 1.165) is 26.1 Å². The van der Waals surface area contributed by atoms with E-state index in [0.29, 0.717) is 13.2 Å². The minimum atomic E-state index is -0.154. The number of morpholine rings is 1. The lowest BCUT2D eigenvalue weighted by Gasteiger charge is -2.27. The van der Waals surface area contributed by atoms with Gasteiger partial charge in [-0.1, -0.05) is 0 Å². The van der Waals surface area contributed by atoms with Crippen LogP contribution in [-0.2, 0) is 9.53 Å². The Hall–Kier alpha value is -0.650. The molecule has 1 saturated heterocycles. The van der Waals surface area contributed by atoms with Crippen LogP contribution < -0.4 is 10.6 Å². The summed E-state index contributed by atoms with van der Waals surface area (Å²) in [5.41, 5.74) is 0. The number of hydrogen-bond donors (Lipinski definition) is 2. The predicted molar refractivity (Wildman–Crippen MR) is 58.8 cm³/mol. The first-order chi connectivity index (χ1) is 7.25. The van der Waals surface area contributed by atoms with Crippen molar-refractivity contribution in [3.8, 4) is 0 Å². The predicted octanol–water partition coefficient (Wildman–Crippen LogP) is -0.957. The summed E-state index contributed by atoms with van der Waals surface area (Å²) < 4.78 is 5.26. The molecule has 0 bridgehead atoms. The zero-order chi connectivity index (χ0) is 11.1. The lowest BCUT2D eigenvalue weighted by atomic mass is 10.2. The number of carbonyl (C=O) groups is 1. The first-order valence-corrected chi connectivity index (χ1v) is 5.46. The van der Waals surface area contributed by atoms with E-state index in [1.807, 2.05) is 14.1 Å². The standard InChI is InChI=1S/C10H21N3O2/c1-11-4-3-6-13(2)10(14)9-8-15-7-5-12-9/h9,11-12H,3-8H2,1-2H3. The van der Waals surface area contributed by atoms with Crippen molar-refractivity contribution >= 4 is 5.91 Å². The van der Waals surface area contributed by atoms with Crippen molar-refractivity contribution in [2.45, 2.75) is 12.5 Å². The number of nitrogens with zero attached hydrogens (tertiary/aromatic N) is 1. The summed E-state index contributed by atoms with van der Waals surface area (Å²) in [6, 6.07) is -0.154. The summed E-state index contributed by atoms with van der Waals surface area (Å²) >= 11 is 0. The molecule has 5 nitrogen and oxygen atoms in total. The molecule has 0 saturated carbocycles. The molecule has 1 atom stereocenters. The topological polar surface area (TPSA) is 53.6 Å². The molecule has 0 spiro atoms. The highest BCUT2D eigenvalue weighted by Crippen LogP contribution is 1.98. The first-order valence-electron chi connectivity index (χ1n) is 5.46. The Labute approximate surface area is 91.2 Å². The molecule has 0 aromatic carbocycles. The molecule has 0 aromatic rings. The first kappa shape index (κ1) is 12.4. The fraction of sp³-hybridized carbons (Fsp3) is 0.900. The molecule has 15 heavy (non-hydrogen) atoms. The Balaban J connectivity index is 2.24. The molecule has 88 valence electrons. The van der Waals surface area contributed by atoms with Crippen molar-refractivity contribution in [2.75, 3.05) is 46.9 Å². The van der Waals surface area contributed by atoms with Gasteiger partial charge in [0.05, 0.1) is 13.2 Å². The van der Waals surface area contributed by atoms with Crippen LogP contribution in [0.1, 0.15) is 6.42 Å². The van der Waals surface area contributed by atoms with Gasteiger partial charge >= 0.3 is 0 Å². The highest BCUT2D eigenvalue weighted by molar-refractivity contribution is 5.81. The zero-order valence-corrected chi connectivity index (χ0v) is 9.58. The minimum absolute atomic E-state index is 0.130. The second-order valence-electron chi connectivity index (χ2n) is 3.80. The van der Waals surface area contributed by atoms with Gasteiger partial charge in [-0.2, -0.15) is 0 Å². The van der Waals surface area contributed by atoms with Gasteiger partial charge in [-0.25, -0.2) is 0 Å². The Kier molecular flexibility index (Phi) is 5.60. The van der Waals surface area contributed by atoms with Crippen LogP contribution >= 0.6 is 0 Å². The average Bonchev–Trinajstić information content (AvgIpc) is 2.29. The molecule has 0 aromatic heterocycles. The molecule has 0 aliphatic carbocycles. The van der Waals surface area contributed by atoms with Gasteiger partial charge in [-0.3, -0.25) is 4.79 Å². The fourth-order valence-corrected chi connectivity index (χ4v) is 1.59. The van der Waals surface area contributed by atoms with Crippen LogP contribution in [0, 0.1) is 0 Å². The van der Waals surface area contributed by atoms with E-state index in [2.05, 4.69) is 10.6 Å². The van der Waals surface area contributed by atoms with Gasteiger partial charge in [-0.15, -0.1) is 0 Å². The number of ether oxygens (including phenoxy) is 1.